The molecule has 140 valence electrons. The summed E-state index contributed by atoms with van der Waals surface area (Å²) in [4.78, 5) is 39.8. The Bertz CT molecular complexity index is 704. The maximum absolute atomic E-state index is 12.7. The fraction of sp³-hybridized carbons (Fsp3) is 0.526. The summed E-state index contributed by atoms with van der Waals surface area (Å²) in [6, 6.07) is 5.42. The Balaban J connectivity index is 1.59. The minimum absolute atomic E-state index is 0.0201. The second kappa shape index (κ2) is 8.21. The van der Waals surface area contributed by atoms with Gasteiger partial charge in [0.05, 0.1) is 12.1 Å². The average Bonchev–Trinajstić information content (AvgIpc) is 2.88. The van der Waals surface area contributed by atoms with Gasteiger partial charge in [-0.3, -0.25) is 14.4 Å². The van der Waals surface area contributed by atoms with Crippen molar-refractivity contribution in [3.8, 4) is 5.75 Å². The van der Waals surface area contributed by atoms with Crippen LogP contribution in [0.1, 0.15) is 31.7 Å². The fourth-order valence-electron chi connectivity index (χ4n) is 3.31. The third kappa shape index (κ3) is 4.33. The number of carbonyl (C=O) groups is 3. The van der Waals surface area contributed by atoms with Crippen molar-refractivity contribution in [3.05, 3.63) is 23.8 Å². The molecular weight excluding hydrogens is 334 g/mol. The number of carbonyl (C=O) groups excluding carboxylic acids is 3. The summed E-state index contributed by atoms with van der Waals surface area (Å²) in [5, 5.41) is 2.76. The van der Waals surface area contributed by atoms with Crippen LogP contribution in [0.2, 0.25) is 0 Å². The lowest BCUT2D eigenvalue weighted by atomic mass is 10.1. The predicted octanol–water partition coefficient (Wildman–Crippen LogP) is 1.42. The number of anilines is 1. The van der Waals surface area contributed by atoms with Gasteiger partial charge in [0, 0.05) is 32.6 Å². The minimum Gasteiger partial charge on any atom is -0.482 e. The van der Waals surface area contributed by atoms with Crippen molar-refractivity contribution >= 4 is 23.4 Å². The van der Waals surface area contributed by atoms with Crippen LogP contribution in [0.5, 0.6) is 5.75 Å². The lowest BCUT2D eigenvalue weighted by molar-refractivity contribution is -0.133. The van der Waals surface area contributed by atoms with Crippen LogP contribution in [-0.2, 0) is 20.8 Å². The smallest absolute Gasteiger partial charge is 0.262 e. The lowest BCUT2D eigenvalue weighted by Gasteiger charge is -2.23. The number of rotatable bonds is 4. The van der Waals surface area contributed by atoms with Gasteiger partial charge in [-0.25, -0.2) is 0 Å². The zero-order chi connectivity index (χ0) is 18.5. The van der Waals surface area contributed by atoms with Crippen LogP contribution in [0.15, 0.2) is 18.2 Å². The molecule has 3 amide bonds. The van der Waals surface area contributed by atoms with E-state index in [-0.39, 0.29) is 30.7 Å². The van der Waals surface area contributed by atoms with E-state index in [1.807, 2.05) is 22.8 Å². The molecule has 7 heteroatoms. The van der Waals surface area contributed by atoms with Gasteiger partial charge in [0.1, 0.15) is 5.75 Å². The van der Waals surface area contributed by atoms with Gasteiger partial charge in [0.25, 0.3) is 5.91 Å². The van der Waals surface area contributed by atoms with E-state index in [1.54, 1.807) is 12.1 Å². The molecule has 0 saturated carbocycles. The number of hydrogen-bond donors (Lipinski definition) is 1. The molecule has 0 aromatic heterocycles. The first-order valence-corrected chi connectivity index (χ1v) is 9.18. The molecule has 2 aliphatic rings. The van der Waals surface area contributed by atoms with Crippen LogP contribution in [0.4, 0.5) is 5.69 Å². The normalized spacial score (nSPS) is 17.0. The van der Waals surface area contributed by atoms with Crippen molar-refractivity contribution in [2.45, 2.75) is 32.6 Å². The van der Waals surface area contributed by atoms with E-state index in [0.717, 1.165) is 18.4 Å². The van der Waals surface area contributed by atoms with E-state index in [2.05, 4.69) is 5.32 Å². The van der Waals surface area contributed by atoms with Crippen LogP contribution < -0.4 is 10.1 Å². The van der Waals surface area contributed by atoms with E-state index in [1.165, 1.54) is 0 Å². The summed E-state index contributed by atoms with van der Waals surface area (Å²) in [5.41, 5.74) is 1.45. The molecule has 1 aromatic carbocycles. The van der Waals surface area contributed by atoms with Gasteiger partial charge in [-0.1, -0.05) is 13.0 Å². The van der Waals surface area contributed by atoms with Gasteiger partial charge in [-0.05, 0) is 30.5 Å². The highest BCUT2D eigenvalue weighted by molar-refractivity contribution is 5.95. The molecule has 0 radical (unpaired) electrons. The number of amides is 3. The Morgan fingerprint density at radius 1 is 1.12 bits per heavy atom. The van der Waals surface area contributed by atoms with Crippen LogP contribution in [0.25, 0.3) is 0 Å². The molecule has 0 atom stereocenters. The molecule has 1 aromatic rings. The minimum atomic E-state index is -0.190. The molecular formula is C19H25N3O4. The van der Waals surface area contributed by atoms with Crippen LogP contribution in [0, 0.1) is 0 Å². The van der Waals surface area contributed by atoms with Gasteiger partial charge < -0.3 is 19.9 Å². The Morgan fingerprint density at radius 2 is 1.85 bits per heavy atom. The van der Waals surface area contributed by atoms with Gasteiger partial charge in [-0.2, -0.15) is 0 Å². The molecule has 0 unspecified atom stereocenters. The highest BCUT2D eigenvalue weighted by atomic mass is 16.5. The maximum atomic E-state index is 12.7. The Kier molecular flexibility index (Phi) is 5.75. The second-order valence-corrected chi connectivity index (χ2v) is 6.71. The van der Waals surface area contributed by atoms with Crippen molar-refractivity contribution < 1.29 is 19.1 Å². The summed E-state index contributed by atoms with van der Waals surface area (Å²) in [6.07, 6.45) is 2.48. The third-order valence-corrected chi connectivity index (χ3v) is 4.70. The first-order chi connectivity index (χ1) is 12.6. The van der Waals surface area contributed by atoms with E-state index in [4.69, 9.17) is 4.74 Å². The molecule has 0 bridgehead atoms. The summed E-state index contributed by atoms with van der Waals surface area (Å²) in [7, 11) is 0. The molecule has 1 fully saturated rings. The molecule has 0 spiro atoms. The molecule has 7 nitrogen and oxygen atoms in total. The molecule has 1 N–H and O–H groups in total. The number of fused-ring (bicyclic) bond motifs is 1. The standard InChI is InChI=1S/C19H25N3O4/c1-2-4-18(24)21-7-3-8-22(10-9-21)19(25)12-14-5-6-16-15(11-14)20-17(23)13-26-16/h5-6,11H,2-4,7-10,12-13H2,1H3,(H,20,23). The SMILES string of the molecule is CCCC(=O)N1CCCN(C(=O)Cc2ccc3c(c2)NC(=O)CO3)CC1. The van der Waals surface area contributed by atoms with E-state index in [9.17, 15) is 14.4 Å². The Labute approximate surface area is 153 Å². The Morgan fingerprint density at radius 3 is 2.58 bits per heavy atom. The zero-order valence-corrected chi connectivity index (χ0v) is 15.1. The summed E-state index contributed by atoms with van der Waals surface area (Å²) < 4.78 is 5.34. The summed E-state index contributed by atoms with van der Waals surface area (Å²) in [5.74, 6) is 0.649. The highest BCUT2D eigenvalue weighted by Crippen LogP contribution is 2.28. The number of nitrogens with one attached hydrogen (secondary N) is 1. The number of benzene rings is 1. The van der Waals surface area contributed by atoms with Gasteiger partial charge in [0.2, 0.25) is 11.8 Å². The molecule has 26 heavy (non-hydrogen) atoms. The Hall–Kier alpha value is -2.57. The number of hydrogen-bond acceptors (Lipinski definition) is 4. The molecule has 2 heterocycles. The molecule has 3 rings (SSSR count). The maximum Gasteiger partial charge on any atom is 0.262 e. The summed E-state index contributed by atoms with van der Waals surface area (Å²) in [6.45, 7) is 4.56. The fourth-order valence-corrected chi connectivity index (χ4v) is 3.31. The van der Waals surface area contributed by atoms with Crippen LogP contribution >= 0.6 is 0 Å². The van der Waals surface area contributed by atoms with E-state index in [0.29, 0.717) is 44.0 Å². The first-order valence-electron chi connectivity index (χ1n) is 9.18. The van der Waals surface area contributed by atoms with Gasteiger partial charge in [0.15, 0.2) is 6.61 Å². The first kappa shape index (κ1) is 18.2. The number of nitrogens with zero attached hydrogens (tertiary/aromatic N) is 2. The van der Waals surface area contributed by atoms with Crippen molar-refractivity contribution in [3.63, 3.8) is 0 Å². The molecule has 0 aliphatic carbocycles. The quantitative estimate of drug-likeness (QED) is 0.882. The monoisotopic (exact) mass is 359 g/mol. The van der Waals surface area contributed by atoms with Gasteiger partial charge in [-0.15, -0.1) is 0 Å². The van der Waals surface area contributed by atoms with Crippen molar-refractivity contribution in [1.29, 1.82) is 0 Å². The van der Waals surface area contributed by atoms with Crippen molar-refractivity contribution in [2.24, 2.45) is 0 Å². The topological polar surface area (TPSA) is 79.0 Å². The number of ether oxygens (including phenoxy) is 1. The highest BCUT2D eigenvalue weighted by Gasteiger charge is 2.22. The van der Waals surface area contributed by atoms with Gasteiger partial charge >= 0.3 is 0 Å². The largest absolute Gasteiger partial charge is 0.482 e. The van der Waals surface area contributed by atoms with Crippen LogP contribution in [-0.4, -0.2) is 60.3 Å². The molecule has 1 saturated heterocycles. The zero-order valence-electron chi connectivity index (χ0n) is 15.1. The van der Waals surface area contributed by atoms with E-state index >= 15 is 0 Å². The van der Waals surface area contributed by atoms with Crippen LogP contribution in [0.3, 0.4) is 0 Å². The van der Waals surface area contributed by atoms with E-state index < -0.39 is 0 Å². The third-order valence-electron chi connectivity index (χ3n) is 4.70. The van der Waals surface area contributed by atoms with Crippen molar-refractivity contribution in [2.75, 3.05) is 38.1 Å². The predicted molar refractivity (Wildman–Crippen MR) is 97.0 cm³/mol. The summed E-state index contributed by atoms with van der Waals surface area (Å²) >= 11 is 0. The second-order valence-electron chi connectivity index (χ2n) is 6.71. The average molecular weight is 359 g/mol. The molecule has 2 aliphatic heterocycles. The van der Waals surface area contributed by atoms with Crippen molar-refractivity contribution in [1.82, 2.24) is 9.80 Å². The lowest BCUT2D eigenvalue weighted by Crippen LogP contribution is -2.37.